The molecule has 0 aliphatic heterocycles. The van der Waals surface area contributed by atoms with Crippen LogP contribution in [0.5, 0.6) is 0 Å². The third-order valence-electron chi connectivity index (χ3n) is 12.3. The highest BCUT2D eigenvalue weighted by Crippen LogP contribution is 2.50. The molecule has 2 aliphatic rings. The molecule has 256 valence electrons. The Morgan fingerprint density at radius 2 is 1.28 bits per heavy atom. The largest absolute Gasteiger partial charge is 0.456 e. The van der Waals surface area contributed by atoms with Crippen LogP contribution in [0.25, 0.3) is 92.6 Å². The van der Waals surface area contributed by atoms with E-state index >= 15 is 0 Å². The molecule has 3 heteroatoms. The minimum Gasteiger partial charge on any atom is -0.456 e. The molecule has 0 fully saturated rings. The molecule has 0 N–H and O–H groups in total. The van der Waals surface area contributed by atoms with Gasteiger partial charge < -0.3 is 8.98 Å². The maximum absolute atomic E-state index is 6.22. The number of nitrogens with zero attached hydrogens (tertiary/aromatic N) is 1. The summed E-state index contributed by atoms with van der Waals surface area (Å²) in [5.74, 6) is 0. The molecule has 0 bridgehead atoms. The fourth-order valence-corrected chi connectivity index (χ4v) is 11.0. The summed E-state index contributed by atoms with van der Waals surface area (Å²) in [7, 11) is 0. The summed E-state index contributed by atoms with van der Waals surface area (Å²) in [6, 6.07) is 53.8. The quantitative estimate of drug-likeness (QED) is 0.179. The molecule has 54 heavy (non-hydrogen) atoms. The van der Waals surface area contributed by atoms with Gasteiger partial charge in [-0.3, -0.25) is 0 Å². The predicted molar refractivity (Wildman–Crippen MR) is 229 cm³/mol. The van der Waals surface area contributed by atoms with Gasteiger partial charge in [0, 0.05) is 53.0 Å². The fourth-order valence-electron chi connectivity index (χ4n) is 9.80. The third-order valence-corrected chi connectivity index (χ3v) is 13.5. The number of thiophene rings is 1. The Morgan fingerprint density at radius 1 is 0.556 bits per heavy atom. The molecular formula is C51H35NOS. The van der Waals surface area contributed by atoms with E-state index in [-0.39, 0.29) is 5.41 Å². The van der Waals surface area contributed by atoms with Crippen molar-refractivity contribution in [3.63, 3.8) is 0 Å². The van der Waals surface area contributed by atoms with Crippen LogP contribution in [0.2, 0.25) is 0 Å². The van der Waals surface area contributed by atoms with Crippen molar-refractivity contribution in [2.45, 2.75) is 32.1 Å². The van der Waals surface area contributed by atoms with Crippen molar-refractivity contribution in [1.29, 1.82) is 0 Å². The highest BCUT2D eigenvalue weighted by Gasteiger charge is 2.35. The van der Waals surface area contributed by atoms with E-state index in [1.165, 1.54) is 92.5 Å². The number of hydrogen-bond acceptors (Lipinski definition) is 2. The number of hydrogen-bond donors (Lipinski definition) is 0. The van der Waals surface area contributed by atoms with Crippen molar-refractivity contribution < 1.29 is 4.42 Å². The minimum atomic E-state index is -0.0166. The summed E-state index contributed by atoms with van der Waals surface area (Å²) < 4.78 is 11.4. The van der Waals surface area contributed by atoms with E-state index in [0.717, 1.165) is 34.8 Å². The second-order valence-electron chi connectivity index (χ2n) is 15.6. The SMILES string of the molecule is CC1(C)c2ccccc2-c2ccc(C3=Cc4c(n(-c5cccc6sc7cccc(-c8ccc9oc%10ccccc%10c9c8)c7c56)c5ccccc45)CC3)cc21. The van der Waals surface area contributed by atoms with Gasteiger partial charge >= 0.3 is 0 Å². The predicted octanol–water partition coefficient (Wildman–Crippen LogP) is 14.4. The first-order valence-electron chi connectivity index (χ1n) is 19.0. The van der Waals surface area contributed by atoms with Crippen molar-refractivity contribution >= 4 is 76.0 Å². The second-order valence-corrected chi connectivity index (χ2v) is 16.6. The van der Waals surface area contributed by atoms with Crippen molar-refractivity contribution in [1.82, 2.24) is 4.57 Å². The van der Waals surface area contributed by atoms with Gasteiger partial charge in [-0.05, 0) is 112 Å². The van der Waals surface area contributed by atoms with Gasteiger partial charge in [0.05, 0.1) is 11.2 Å². The number of rotatable bonds is 3. The molecule has 0 saturated heterocycles. The first-order valence-corrected chi connectivity index (χ1v) is 19.8. The van der Waals surface area contributed by atoms with E-state index in [4.69, 9.17) is 4.42 Å². The van der Waals surface area contributed by atoms with Crippen molar-refractivity contribution in [2.24, 2.45) is 0 Å². The molecule has 0 amide bonds. The molecule has 7 aromatic carbocycles. The van der Waals surface area contributed by atoms with Gasteiger partial charge in [0.1, 0.15) is 11.2 Å². The maximum Gasteiger partial charge on any atom is 0.135 e. The molecule has 2 nitrogen and oxygen atoms in total. The van der Waals surface area contributed by atoms with E-state index in [0.29, 0.717) is 0 Å². The van der Waals surface area contributed by atoms with Crippen molar-refractivity contribution in [3.05, 3.63) is 174 Å². The lowest BCUT2D eigenvalue weighted by Gasteiger charge is -2.23. The highest BCUT2D eigenvalue weighted by molar-refractivity contribution is 7.26. The van der Waals surface area contributed by atoms with Gasteiger partial charge in [0.25, 0.3) is 0 Å². The summed E-state index contributed by atoms with van der Waals surface area (Å²) in [6.07, 6.45) is 4.47. The van der Waals surface area contributed by atoms with Gasteiger partial charge in [-0.15, -0.1) is 11.3 Å². The van der Waals surface area contributed by atoms with Crippen LogP contribution in [0.3, 0.4) is 0 Å². The summed E-state index contributed by atoms with van der Waals surface area (Å²) >= 11 is 1.89. The zero-order valence-electron chi connectivity index (χ0n) is 30.1. The van der Waals surface area contributed by atoms with Gasteiger partial charge in [-0.2, -0.15) is 0 Å². The lowest BCUT2D eigenvalue weighted by Crippen LogP contribution is -2.15. The molecule has 10 aromatic rings. The Hall–Kier alpha value is -6.16. The lowest BCUT2D eigenvalue weighted by atomic mass is 9.81. The Morgan fingerprint density at radius 3 is 2.20 bits per heavy atom. The van der Waals surface area contributed by atoms with Gasteiger partial charge in [0.2, 0.25) is 0 Å². The number of aromatic nitrogens is 1. The monoisotopic (exact) mass is 709 g/mol. The number of fused-ring (bicyclic) bond motifs is 12. The smallest absolute Gasteiger partial charge is 0.135 e. The first kappa shape index (κ1) is 30.3. The van der Waals surface area contributed by atoms with Crippen molar-refractivity contribution in [3.8, 4) is 27.9 Å². The normalized spacial score (nSPS) is 14.6. The zero-order valence-corrected chi connectivity index (χ0v) is 30.9. The van der Waals surface area contributed by atoms with E-state index in [2.05, 4.69) is 164 Å². The van der Waals surface area contributed by atoms with Gasteiger partial charge in [0.15, 0.2) is 0 Å². The third kappa shape index (κ3) is 4.11. The molecule has 0 saturated carbocycles. The number of allylic oxidation sites excluding steroid dienone is 1. The van der Waals surface area contributed by atoms with Crippen LogP contribution in [0.15, 0.2) is 150 Å². The van der Waals surface area contributed by atoms with Crippen LogP contribution in [-0.2, 0) is 11.8 Å². The summed E-state index contributed by atoms with van der Waals surface area (Å²) in [4.78, 5) is 0. The van der Waals surface area contributed by atoms with E-state index in [9.17, 15) is 0 Å². The Labute approximate surface area is 317 Å². The Kier molecular flexibility index (Phi) is 6.14. The highest BCUT2D eigenvalue weighted by atomic mass is 32.1. The van der Waals surface area contributed by atoms with E-state index in [1.807, 2.05) is 17.4 Å². The van der Waals surface area contributed by atoms with Gasteiger partial charge in [-0.1, -0.05) is 111 Å². The topological polar surface area (TPSA) is 18.1 Å². The van der Waals surface area contributed by atoms with Crippen LogP contribution in [0.1, 0.15) is 48.2 Å². The second kappa shape index (κ2) is 10.9. The molecule has 2 aliphatic carbocycles. The summed E-state index contributed by atoms with van der Waals surface area (Å²) in [5, 5.41) is 6.27. The maximum atomic E-state index is 6.22. The first-order chi connectivity index (χ1) is 26.5. The van der Waals surface area contributed by atoms with E-state index in [1.54, 1.807) is 0 Å². The number of benzene rings is 7. The Balaban J connectivity index is 1.05. The Bertz CT molecular complexity index is 3250. The number of para-hydroxylation sites is 2. The summed E-state index contributed by atoms with van der Waals surface area (Å²) in [6.45, 7) is 4.75. The number of furan rings is 1. The molecule has 0 radical (unpaired) electrons. The van der Waals surface area contributed by atoms with Crippen LogP contribution in [0, 0.1) is 0 Å². The molecule has 12 rings (SSSR count). The van der Waals surface area contributed by atoms with Crippen LogP contribution >= 0.6 is 11.3 Å². The average molecular weight is 710 g/mol. The average Bonchev–Trinajstić information content (AvgIpc) is 3.94. The van der Waals surface area contributed by atoms with Crippen LogP contribution in [0.4, 0.5) is 0 Å². The molecular weight excluding hydrogens is 675 g/mol. The minimum absolute atomic E-state index is 0.0166. The van der Waals surface area contributed by atoms with Gasteiger partial charge in [-0.25, -0.2) is 0 Å². The summed E-state index contributed by atoms with van der Waals surface area (Å²) in [5.41, 5.74) is 17.9. The molecule has 0 atom stereocenters. The van der Waals surface area contributed by atoms with E-state index < -0.39 is 0 Å². The zero-order chi connectivity index (χ0) is 35.7. The fraction of sp³-hybridized carbons (Fsp3) is 0.0980. The molecule has 0 spiro atoms. The molecule has 0 unspecified atom stereocenters. The van der Waals surface area contributed by atoms with Crippen LogP contribution < -0.4 is 0 Å². The lowest BCUT2D eigenvalue weighted by molar-refractivity contribution is 0.660. The van der Waals surface area contributed by atoms with Crippen molar-refractivity contribution in [2.75, 3.05) is 0 Å². The van der Waals surface area contributed by atoms with Crippen LogP contribution in [-0.4, -0.2) is 4.57 Å². The standard InChI is InChI=1S/C51H35NOS/c1-51(2)40-15-6-3-11-34(40)35-24-21-31(29-41(35)51)30-22-25-43-38(27-30)36-12-4-7-16-42(36)52(43)44-17-10-20-48-50(44)49-33(14-9-19-47(49)54-48)32-23-26-46-39(28-32)37-13-5-8-18-45(37)53-46/h3-21,23-24,26-29H,22,25H2,1-2H3. The molecule has 3 heterocycles. The molecule has 3 aromatic heterocycles.